The number of carbonyl (C=O) groups excluding carboxylic acids is 1. The molecular weight excluding hydrogens is 355 g/mol. The van der Waals surface area contributed by atoms with E-state index in [1.165, 1.54) is 6.07 Å². The molecule has 2 N–H and O–H groups in total. The molecule has 0 bridgehead atoms. The third-order valence-corrected chi connectivity index (χ3v) is 3.91. The van der Waals surface area contributed by atoms with Crippen LogP contribution in [-0.4, -0.2) is 21.8 Å². The Morgan fingerprint density at radius 3 is 2.52 bits per heavy atom. The summed E-state index contributed by atoms with van der Waals surface area (Å²) in [7, 11) is 0. The number of benzene rings is 2. The van der Waals surface area contributed by atoms with E-state index in [0.29, 0.717) is 5.56 Å². The minimum atomic E-state index is -4.55. The molecule has 1 amide bonds. The molecule has 2 aromatic carbocycles. The number of carbonyl (C=O) groups is 1. The van der Waals surface area contributed by atoms with Crippen molar-refractivity contribution in [2.75, 3.05) is 5.88 Å². The number of imidazole rings is 1. The molecule has 1 heterocycles. The number of nitrogens with one attached hydrogen (secondary N) is 2. The highest BCUT2D eigenvalue weighted by Crippen LogP contribution is 2.30. The van der Waals surface area contributed by atoms with Crippen molar-refractivity contribution >= 4 is 28.5 Å². The van der Waals surface area contributed by atoms with Crippen LogP contribution >= 0.6 is 11.6 Å². The second-order valence-corrected chi connectivity index (χ2v) is 5.67. The Bertz CT molecular complexity index is 893. The van der Waals surface area contributed by atoms with Gasteiger partial charge in [-0.3, -0.25) is 4.79 Å². The molecule has 0 aliphatic rings. The Hall–Kier alpha value is -2.54. The summed E-state index contributed by atoms with van der Waals surface area (Å²) in [6.45, 7) is 0. The maximum absolute atomic E-state index is 12.8. The summed E-state index contributed by atoms with van der Waals surface area (Å²) in [5.74, 6) is -1.65. The van der Waals surface area contributed by atoms with Crippen LogP contribution in [0.3, 0.4) is 0 Å². The molecule has 130 valence electrons. The first kappa shape index (κ1) is 17.3. The van der Waals surface area contributed by atoms with Crippen molar-refractivity contribution in [3.8, 4) is 0 Å². The third kappa shape index (κ3) is 3.76. The molecule has 4 nitrogen and oxygen atoms in total. The van der Waals surface area contributed by atoms with Gasteiger partial charge in [-0.25, -0.2) is 4.98 Å². The van der Waals surface area contributed by atoms with Gasteiger partial charge in [0, 0.05) is 0 Å². The molecule has 0 fully saturated rings. The van der Waals surface area contributed by atoms with E-state index in [-0.39, 0.29) is 22.8 Å². The third-order valence-electron chi connectivity index (χ3n) is 3.67. The van der Waals surface area contributed by atoms with Crippen molar-refractivity contribution in [2.45, 2.75) is 12.2 Å². The number of aromatic nitrogens is 2. The van der Waals surface area contributed by atoms with Gasteiger partial charge >= 0.3 is 6.18 Å². The monoisotopic (exact) mass is 367 g/mol. The van der Waals surface area contributed by atoms with Crippen LogP contribution in [0.1, 0.15) is 23.0 Å². The number of halogens is 4. The van der Waals surface area contributed by atoms with Crippen LogP contribution in [0.25, 0.3) is 11.0 Å². The molecular formula is C17H13ClF3N3O. The molecule has 0 saturated heterocycles. The van der Waals surface area contributed by atoms with Crippen molar-refractivity contribution in [3.63, 3.8) is 0 Å². The molecule has 3 aromatic rings. The second kappa shape index (κ2) is 6.76. The number of fused-ring (bicyclic) bond motifs is 1. The van der Waals surface area contributed by atoms with Gasteiger partial charge in [0.15, 0.2) is 0 Å². The maximum atomic E-state index is 12.8. The summed E-state index contributed by atoms with van der Waals surface area (Å²) in [5, 5.41) is 2.77. The topological polar surface area (TPSA) is 57.8 Å². The van der Waals surface area contributed by atoms with Crippen LogP contribution in [-0.2, 0) is 11.0 Å². The molecule has 0 unspecified atom stereocenters. The predicted molar refractivity (Wildman–Crippen MR) is 88.2 cm³/mol. The number of aromatic amines is 1. The second-order valence-electron chi connectivity index (χ2n) is 5.40. The zero-order valence-corrected chi connectivity index (χ0v) is 13.5. The van der Waals surface area contributed by atoms with Gasteiger partial charge in [-0.15, -0.1) is 11.6 Å². The van der Waals surface area contributed by atoms with Crippen molar-refractivity contribution in [1.29, 1.82) is 0 Å². The molecule has 0 radical (unpaired) electrons. The van der Waals surface area contributed by atoms with Crippen molar-refractivity contribution in [1.82, 2.24) is 15.3 Å². The van der Waals surface area contributed by atoms with Gasteiger partial charge in [0.2, 0.25) is 11.7 Å². The molecule has 0 spiro atoms. The van der Waals surface area contributed by atoms with E-state index in [1.807, 2.05) is 30.3 Å². The van der Waals surface area contributed by atoms with E-state index in [4.69, 9.17) is 11.6 Å². The highest BCUT2D eigenvalue weighted by molar-refractivity contribution is 6.27. The van der Waals surface area contributed by atoms with E-state index in [9.17, 15) is 18.0 Å². The fourth-order valence-electron chi connectivity index (χ4n) is 2.55. The number of nitrogens with zero attached hydrogens (tertiary/aromatic N) is 1. The zero-order valence-electron chi connectivity index (χ0n) is 12.8. The smallest absolute Gasteiger partial charge is 0.344 e. The fourth-order valence-corrected chi connectivity index (χ4v) is 2.62. The number of hydrogen-bond acceptors (Lipinski definition) is 2. The first-order valence-corrected chi connectivity index (χ1v) is 7.89. The van der Waals surface area contributed by atoms with E-state index < -0.39 is 18.0 Å². The first-order valence-electron chi connectivity index (χ1n) is 7.35. The number of alkyl halides is 4. The van der Waals surface area contributed by atoms with E-state index in [2.05, 4.69) is 15.3 Å². The zero-order chi connectivity index (χ0) is 18.0. The van der Waals surface area contributed by atoms with Gasteiger partial charge in [-0.2, -0.15) is 13.2 Å². The highest BCUT2D eigenvalue weighted by atomic mass is 35.5. The lowest BCUT2D eigenvalue weighted by atomic mass is 9.98. The summed E-state index contributed by atoms with van der Waals surface area (Å²) >= 11 is 5.57. The van der Waals surface area contributed by atoms with Gasteiger partial charge < -0.3 is 10.3 Å². The molecule has 0 aliphatic heterocycles. The molecule has 0 saturated carbocycles. The van der Waals surface area contributed by atoms with Crippen molar-refractivity contribution in [2.24, 2.45) is 0 Å². The standard InChI is InChI=1S/C17H13ClF3N3O/c18-9-14(25)24-15(10-4-2-1-3-5-10)11-6-7-12-13(8-11)23-16(22-12)17(19,20)21/h1-8,15H,9H2,(H,22,23)(H,24,25)/t15-/m1/s1. The summed E-state index contributed by atoms with van der Waals surface area (Å²) in [6.07, 6.45) is -4.55. The van der Waals surface area contributed by atoms with Crippen molar-refractivity contribution < 1.29 is 18.0 Å². The lowest BCUT2D eigenvalue weighted by Gasteiger charge is -2.19. The molecule has 0 aliphatic carbocycles. The molecule has 3 rings (SSSR count). The maximum Gasteiger partial charge on any atom is 0.449 e. The largest absolute Gasteiger partial charge is 0.449 e. The van der Waals surface area contributed by atoms with E-state index >= 15 is 0 Å². The minimum Gasteiger partial charge on any atom is -0.344 e. The summed E-state index contributed by atoms with van der Waals surface area (Å²) < 4.78 is 38.4. The minimum absolute atomic E-state index is 0.201. The molecule has 25 heavy (non-hydrogen) atoms. The van der Waals surface area contributed by atoms with Crippen LogP contribution in [0.4, 0.5) is 13.2 Å². The van der Waals surface area contributed by atoms with Crippen LogP contribution < -0.4 is 5.32 Å². The molecule has 1 aromatic heterocycles. The number of H-pyrrole nitrogens is 1. The number of amides is 1. The van der Waals surface area contributed by atoms with Gasteiger partial charge in [0.25, 0.3) is 0 Å². The van der Waals surface area contributed by atoms with Gasteiger partial charge in [0.05, 0.1) is 17.1 Å². The van der Waals surface area contributed by atoms with Crippen LogP contribution in [0.15, 0.2) is 48.5 Å². The Balaban J connectivity index is 2.04. The number of hydrogen-bond donors (Lipinski definition) is 2. The average Bonchev–Trinajstić information content (AvgIpc) is 3.03. The Kier molecular flexibility index (Phi) is 4.67. The Morgan fingerprint density at radius 2 is 1.88 bits per heavy atom. The van der Waals surface area contributed by atoms with Crippen LogP contribution in [0, 0.1) is 0 Å². The fraction of sp³-hybridized carbons (Fsp3) is 0.176. The van der Waals surface area contributed by atoms with E-state index in [0.717, 1.165) is 5.56 Å². The van der Waals surface area contributed by atoms with Crippen LogP contribution in [0.5, 0.6) is 0 Å². The highest BCUT2D eigenvalue weighted by Gasteiger charge is 2.34. The average molecular weight is 368 g/mol. The summed E-state index contributed by atoms with van der Waals surface area (Å²) in [6, 6.07) is 13.2. The van der Waals surface area contributed by atoms with Crippen molar-refractivity contribution in [3.05, 3.63) is 65.5 Å². The number of rotatable bonds is 4. The first-order chi connectivity index (χ1) is 11.9. The Morgan fingerprint density at radius 1 is 1.16 bits per heavy atom. The summed E-state index contributed by atoms with van der Waals surface area (Å²) in [4.78, 5) is 17.6. The SMILES string of the molecule is O=C(CCl)N[C@H](c1ccccc1)c1ccc2nc(C(F)(F)F)[nH]c2c1. The quantitative estimate of drug-likeness (QED) is 0.684. The van der Waals surface area contributed by atoms with Gasteiger partial charge in [-0.05, 0) is 23.3 Å². The lowest BCUT2D eigenvalue weighted by Crippen LogP contribution is -2.30. The van der Waals surface area contributed by atoms with Crippen LogP contribution in [0.2, 0.25) is 0 Å². The predicted octanol–water partition coefficient (Wildman–Crippen LogP) is 4.03. The Labute approximate surface area is 146 Å². The lowest BCUT2D eigenvalue weighted by molar-refractivity contribution is -0.144. The summed E-state index contributed by atoms with van der Waals surface area (Å²) in [5.41, 5.74) is 1.85. The van der Waals surface area contributed by atoms with E-state index in [1.54, 1.807) is 12.1 Å². The molecule has 1 atom stereocenters. The van der Waals surface area contributed by atoms with Gasteiger partial charge in [0.1, 0.15) is 5.88 Å². The molecule has 8 heteroatoms. The normalized spacial score (nSPS) is 13.0. The van der Waals surface area contributed by atoms with Gasteiger partial charge in [-0.1, -0.05) is 36.4 Å².